The zero-order valence-electron chi connectivity index (χ0n) is 22.9. The molecule has 10 nitrogen and oxygen atoms in total. The van der Waals surface area contributed by atoms with Crippen LogP contribution < -0.4 is 0 Å². The first-order chi connectivity index (χ1) is 18.5. The maximum atomic E-state index is 12.4. The predicted molar refractivity (Wildman–Crippen MR) is 138 cm³/mol. The Kier molecular flexibility index (Phi) is 6.72. The van der Waals surface area contributed by atoms with Crippen molar-refractivity contribution in [3.05, 3.63) is 11.6 Å². The number of hydrogen-bond donors (Lipinski definition) is 5. The maximum Gasteiger partial charge on any atom is 0.331 e. The van der Waals surface area contributed by atoms with Crippen molar-refractivity contribution < 1.29 is 44.6 Å². The van der Waals surface area contributed by atoms with Gasteiger partial charge in [0.2, 0.25) is 0 Å². The van der Waals surface area contributed by atoms with Crippen LogP contribution in [-0.4, -0.2) is 86.3 Å². The average Bonchev–Trinajstić information content (AvgIpc) is 3.42. The van der Waals surface area contributed by atoms with Gasteiger partial charge in [-0.3, -0.25) is 0 Å². The molecule has 5 fully saturated rings. The summed E-state index contributed by atoms with van der Waals surface area (Å²) >= 11 is 0. The molecule has 0 amide bonds. The van der Waals surface area contributed by atoms with E-state index in [2.05, 4.69) is 12.1 Å². The van der Waals surface area contributed by atoms with E-state index in [0.29, 0.717) is 45.1 Å². The molecule has 0 bridgehead atoms. The molecule has 0 aromatic heterocycles. The third-order valence-electron chi connectivity index (χ3n) is 11.9. The molecule has 2 aliphatic heterocycles. The number of rotatable bonds is 4. The Morgan fingerprint density at radius 3 is 2.54 bits per heavy atom. The lowest BCUT2D eigenvalue weighted by Crippen LogP contribution is -2.69. The van der Waals surface area contributed by atoms with Gasteiger partial charge >= 0.3 is 5.97 Å². The van der Waals surface area contributed by atoms with Crippen LogP contribution in [0, 0.1) is 28.6 Å². The summed E-state index contributed by atoms with van der Waals surface area (Å²) in [6.45, 7) is 4.15. The molecule has 0 spiro atoms. The summed E-state index contributed by atoms with van der Waals surface area (Å²) in [5, 5.41) is 58.2. The van der Waals surface area contributed by atoms with Crippen molar-refractivity contribution in [3.63, 3.8) is 0 Å². The fourth-order valence-corrected chi connectivity index (χ4v) is 9.89. The summed E-state index contributed by atoms with van der Waals surface area (Å²) < 4.78 is 17.2. The zero-order valence-corrected chi connectivity index (χ0v) is 22.9. The third-order valence-corrected chi connectivity index (χ3v) is 11.9. The highest BCUT2D eigenvalue weighted by molar-refractivity contribution is 5.85. The fraction of sp³-hybridized carbons (Fsp3) is 0.862. The quantitative estimate of drug-likeness (QED) is 0.116. The van der Waals surface area contributed by atoms with E-state index in [4.69, 9.17) is 14.2 Å². The molecule has 218 valence electrons. The maximum absolute atomic E-state index is 12.4. The number of nitrogens with zero attached hydrogens (tertiary/aromatic N) is 1. The van der Waals surface area contributed by atoms with Crippen LogP contribution >= 0.6 is 0 Å². The molecule has 6 aliphatic rings. The van der Waals surface area contributed by atoms with Gasteiger partial charge in [0.25, 0.3) is 0 Å². The zero-order chi connectivity index (χ0) is 27.8. The van der Waals surface area contributed by atoms with Gasteiger partial charge in [-0.2, -0.15) is 0 Å². The highest BCUT2D eigenvalue weighted by atomic mass is 16.7. The Balaban J connectivity index is 1.24. The van der Waals surface area contributed by atoms with E-state index in [1.165, 1.54) is 6.21 Å². The molecule has 12 atom stereocenters. The topological polar surface area (TPSA) is 158 Å². The van der Waals surface area contributed by atoms with Crippen molar-refractivity contribution in [2.24, 2.45) is 33.7 Å². The van der Waals surface area contributed by atoms with Crippen molar-refractivity contribution in [1.82, 2.24) is 0 Å². The Hall–Kier alpha value is -1.56. The number of carbonyl (C=O) groups excluding carboxylic acids is 1. The van der Waals surface area contributed by atoms with Crippen molar-refractivity contribution in [1.29, 1.82) is 0 Å². The van der Waals surface area contributed by atoms with Gasteiger partial charge in [0, 0.05) is 29.7 Å². The number of oxime groups is 1. The molecule has 2 heterocycles. The largest absolute Gasteiger partial charge is 0.458 e. The first kappa shape index (κ1) is 27.6. The summed E-state index contributed by atoms with van der Waals surface area (Å²) in [6, 6.07) is 0. The summed E-state index contributed by atoms with van der Waals surface area (Å²) in [7, 11) is 0. The molecule has 5 N–H and O–H groups in total. The molecule has 0 aromatic rings. The lowest BCUT2D eigenvalue weighted by molar-refractivity contribution is -0.282. The van der Waals surface area contributed by atoms with Gasteiger partial charge in [-0.1, -0.05) is 6.92 Å². The third kappa shape index (κ3) is 3.96. The number of ether oxygens (including phenoxy) is 3. The Bertz CT molecular complexity index is 1040. The van der Waals surface area contributed by atoms with Crippen molar-refractivity contribution in [2.45, 2.75) is 120 Å². The van der Waals surface area contributed by atoms with Gasteiger partial charge in [0.15, 0.2) is 6.29 Å². The number of hydrogen-bond acceptors (Lipinski definition) is 10. The van der Waals surface area contributed by atoms with Gasteiger partial charge in [-0.25, -0.2) is 4.79 Å². The van der Waals surface area contributed by atoms with Gasteiger partial charge in [0.1, 0.15) is 12.7 Å². The molecule has 0 unspecified atom stereocenters. The smallest absolute Gasteiger partial charge is 0.331 e. The van der Waals surface area contributed by atoms with E-state index in [0.717, 1.165) is 24.8 Å². The van der Waals surface area contributed by atoms with Crippen molar-refractivity contribution in [3.8, 4) is 0 Å². The minimum Gasteiger partial charge on any atom is -0.458 e. The molecule has 4 saturated carbocycles. The van der Waals surface area contributed by atoms with E-state index in [1.807, 2.05) is 0 Å². The van der Waals surface area contributed by atoms with Gasteiger partial charge in [0.05, 0.1) is 35.7 Å². The lowest BCUT2D eigenvalue weighted by Gasteiger charge is -2.65. The van der Waals surface area contributed by atoms with Crippen LogP contribution in [0.2, 0.25) is 0 Å². The van der Waals surface area contributed by atoms with E-state index >= 15 is 0 Å². The second-order valence-electron chi connectivity index (χ2n) is 13.4. The molecular weight excluding hydrogens is 506 g/mol. The number of cyclic esters (lactones) is 1. The summed E-state index contributed by atoms with van der Waals surface area (Å²) in [4.78, 5) is 11.8. The molecular formula is C29H43NO9. The number of fused-ring (bicyclic) bond motifs is 5. The minimum absolute atomic E-state index is 0.0664. The second-order valence-corrected chi connectivity index (χ2v) is 13.4. The van der Waals surface area contributed by atoms with E-state index in [-0.39, 0.29) is 36.2 Å². The Morgan fingerprint density at radius 1 is 1.08 bits per heavy atom. The Morgan fingerprint density at radius 2 is 1.85 bits per heavy atom. The molecule has 0 radical (unpaired) electrons. The van der Waals surface area contributed by atoms with Crippen molar-refractivity contribution >= 4 is 12.2 Å². The predicted octanol–water partition coefficient (Wildman–Crippen LogP) is 2.04. The highest BCUT2D eigenvalue weighted by Gasteiger charge is 2.71. The minimum atomic E-state index is -1.18. The van der Waals surface area contributed by atoms with Crippen LogP contribution in [0.5, 0.6) is 0 Å². The number of esters is 1. The number of aliphatic hydroxyl groups is 4. The highest BCUT2D eigenvalue weighted by Crippen LogP contribution is 2.70. The molecule has 1 saturated heterocycles. The first-order valence-electron chi connectivity index (χ1n) is 14.6. The summed E-state index contributed by atoms with van der Waals surface area (Å²) in [5.41, 5.74) is -2.37. The molecule has 4 aliphatic carbocycles. The summed E-state index contributed by atoms with van der Waals surface area (Å²) in [5.74, 6) is -0.372. The normalized spacial score (nSPS) is 53.6. The van der Waals surface area contributed by atoms with Crippen LogP contribution in [0.15, 0.2) is 16.8 Å². The van der Waals surface area contributed by atoms with E-state index in [9.17, 15) is 30.4 Å². The molecule has 6 rings (SSSR count). The monoisotopic (exact) mass is 549 g/mol. The summed E-state index contributed by atoms with van der Waals surface area (Å²) in [6.07, 6.45) is 5.36. The Labute approximate surface area is 229 Å². The lowest BCUT2D eigenvalue weighted by atomic mass is 9.41. The fourth-order valence-electron chi connectivity index (χ4n) is 9.89. The molecule has 0 aromatic carbocycles. The average molecular weight is 550 g/mol. The number of carbonyl (C=O) groups is 1. The van der Waals surface area contributed by atoms with Gasteiger partial charge < -0.3 is 39.8 Å². The van der Waals surface area contributed by atoms with E-state index in [1.54, 1.807) is 13.0 Å². The number of aliphatic hydroxyl groups excluding tert-OH is 2. The SMILES string of the molecule is C[C@H]1O[C@@H](O[C@H]2CC[C@]3(/C=N/O)[C@H]4CC[C@]5(C)[C@@H](C6=CC(=O)OC6)CC[C@]5(O)[C@@H]4CC[C@]3(O)C2)C[C@@H](O)[C@H]1O. The van der Waals surface area contributed by atoms with Crippen LogP contribution in [-0.2, 0) is 19.0 Å². The van der Waals surface area contributed by atoms with Gasteiger partial charge in [-0.15, -0.1) is 5.16 Å². The van der Waals surface area contributed by atoms with Crippen LogP contribution in [0.25, 0.3) is 0 Å². The van der Waals surface area contributed by atoms with Crippen molar-refractivity contribution in [2.75, 3.05) is 6.61 Å². The van der Waals surface area contributed by atoms with Crippen LogP contribution in [0.1, 0.15) is 78.1 Å². The van der Waals surface area contributed by atoms with Gasteiger partial charge in [-0.05, 0) is 81.6 Å². The van der Waals surface area contributed by atoms with Crippen LogP contribution in [0.3, 0.4) is 0 Å². The first-order valence-corrected chi connectivity index (χ1v) is 14.6. The molecule has 10 heteroatoms. The second kappa shape index (κ2) is 9.49. The molecule has 39 heavy (non-hydrogen) atoms. The van der Waals surface area contributed by atoms with Crippen LogP contribution in [0.4, 0.5) is 0 Å². The standard InChI is InChI=1S/C29H43NO9/c1-16-25(33)22(31)12-24(38-16)39-18-3-8-27(15-30-36)20-4-7-26(2)19(17-11-23(32)37-14-17)6-10-29(26,35)21(20)5-9-28(27,34)13-18/h11,15-16,18-22,24-25,31,33-36H,3-10,12-14H2,1-2H3/b30-15+/t16-,18+,19-,20+,21-,22-,24+,25+,26-,27+,28+,29+/m1/s1. The van der Waals surface area contributed by atoms with E-state index < -0.39 is 46.6 Å².